The van der Waals surface area contributed by atoms with Crippen LogP contribution < -0.4 is 15.0 Å². The first kappa shape index (κ1) is 24.8. The van der Waals surface area contributed by atoms with Crippen molar-refractivity contribution in [1.29, 1.82) is 0 Å². The lowest BCUT2D eigenvalue weighted by atomic mass is 10.1. The first-order chi connectivity index (χ1) is 17.0. The van der Waals surface area contributed by atoms with Crippen molar-refractivity contribution in [2.75, 3.05) is 20.3 Å². The van der Waals surface area contributed by atoms with E-state index in [1.807, 2.05) is 27.7 Å². The van der Waals surface area contributed by atoms with Gasteiger partial charge in [0.25, 0.3) is 11.5 Å². The number of aryl methyl sites for hydroxylation is 1. The fourth-order valence-electron chi connectivity index (χ4n) is 4.62. The standard InChI is InChI=1S/C28H35N3O4/c1-4-14-30(19-20-10-13-24(35-16-5-2)25(17-20)34-3)27(32)21-11-12-22-23(18-21)29-26-9-7-6-8-15-31(26)28(22)33/h10-13,17-18H,4-9,14-16,19H2,1-3H3. The van der Waals surface area contributed by atoms with Crippen LogP contribution >= 0.6 is 0 Å². The average Bonchev–Trinajstić information content (AvgIpc) is 3.12. The normalized spacial score (nSPS) is 13.2. The Morgan fingerprint density at radius 2 is 1.91 bits per heavy atom. The summed E-state index contributed by atoms with van der Waals surface area (Å²) < 4.78 is 13.1. The first-order valence-corrected chi connectivity index (χ1v) is 12.7. The molecule has 0 fully saturated rings. The topological polar surface area (TPSA) is 73.7 Å². The Kier molecular flexibility index (Phi) is 8.06. The molecular formula is C28H35N3O4. The molecule has 3 aromatic rings. The van der Waals surface area contributed by atoms with Gasteiger partial charge < -0.3 is 14.4 Å². The maximum Gasteiger partial charge on any atom is 0.261 e. The Morgan fingerprint density at radius 3 is 2.69 bits per heavy atom. The lowest BCUT2D eigenvalue weighted by molar-refractivity contribution is 0.0743. The largest absolute Gasteiger partial charge is 0.493 e. The van der Waals surface area contributed by atoms with E-state index in [1.54, 1.807) is 25.3 Å². The van der Waals surface area contributed by atoms with Crippen LogP contribution in [0.2, 0.25) is 0 Å². The average molecular weight is 478 g/mol. The smallest absolute Gasteiger partial charge is 0.261 e. The van der Waals surface area contributed by atoms with Gasteiger partial charge in [0.15, 0.2) is 11.5 Å². The predicted octanol–water partition coefficient (Wildman–Crippen LogP) is 4.97. The van der Waals surface area contributed by atoms with Crippen LogP contribution in [0.3, 0.4) is 0 Å². The maximum absolute atomic E-state index is 13.5. The second kappa shape index (κ2) is 11.4. The van der Waals surface area contributed by atoms with Gasteiger partial charge in [0.1, 0.15) is 5.82 Å². The number of carbonyl (C=O) groups is 1. The third-order valence-electron chi connectivity index (χ3n) is 6.41. The van der Waals surface area contributed by atoms with E-state index in [1.165, 1.54) is 0 Å². The fourth-order valence-corrected chi connectivity index (χ4v) is 4.62. The third-order valence-corrected chi connectivity index (χ3v) is 6.41. The summed E-state index contributed by atoms with van der Waals surface area (Å²) in [6.07, 6.45) is 5.68. The van der Waals surface area contributed by atoms with Crippen molar-refractivity contribution >= 4 is 16.8 Å². The van der Waals surface area contributed by atoms with Gasteiger partial charge in [0.2, 0.25) is 0 Å². The summed E-state index contributed by atoms with van der Waals surface area (Å²) in [5, 5.41) is 0.571. The monoisotopic (exact) mass is 477 g/mol. The summed E-state index contributed by atoms with van der Waals surface area (Å²) in [6.45, 7) is 6.53. The molecule has 0 saturated carbocycles. The zero-order valence-electron chi connectivity index (χ0n) is 21.0. The summed E-state index contributed by atoms with van der Waals surface area (Å²) in [5.41, 5.74) is 2.11. The molecule has 0 atom stereocenters. The summed E-state index contributed by atoms with van der Waals surface area (Å²) >= 11 is 0. The molecule has 4 rings (SSSR count). The highest BCUT2D eigenvalue weighted by Gasteiger charge is 2.19. The fraction of sp³-hybridized carbons (Fsp3) is 0.464. The van der Waals surface area contributed by atoms with Crippen molar-refractivity contribution in [3.8, 4) is 11.5 Å². The van der Waals surface area contributed by atoms with E-state index in [2.05, 4.69) is 13.8 Å². The number of methoxy groups -OCH3 is 1. The third kappa shape index (κ3) is 5.50. The van der Waals surface area contributed by atoms with Crippen LogP contribution in [-0.4, -0.2) is 40.6 Å². The van der Waals surface area contributed by atoms with E-state index in [4.69, 9.17) is 14.5 Å². The molecule has 0 unspecified atom stereocenters. The summed E-state index contributed by atoms with van der Waals surface area (Å²) in [7, 11) is 1.62. The van der Waals surface area contributed by atoms with Crippen LogP contribution in [0.4, 0.5) is 0 Å². The van der Waals surface area contributed by atoms with Crippen molar-refractivity contribution in [2.24, 2.45) is 0 Å². The molecule has 0 radical (unpaired) electrons. The number of rotatable bonds is 9. The highest BCUT2D eigenvalue weighted by Crippen LogP contribution is 2.29. The van der Waals surface area contributed by atoms with Gasteiger partial charge in [-0.25, -0.2) is 4.98 Å². The van der Waals surface area contributed by atoms with Crippen molar-refractivity contribution in [2.45, 2.75) is 65.5 Å². The molecule has 7 heteroatoms. The number of nitrogens with zero attached hydrogens (tertiary/aromatic N) is 3. The molecule has 35 heavy (non-hydrogen) atoms. The van der Waals surface area contributed by atoms with Gasteiger partial charge in [-0.3, -0.25) is 14.2 Å². The van der Waals surface area contributed by atoms with Crippen LogP contribution in [-0.2, 0) is 19.5 Å². The minimum Gasteiger partial charge on any atom is -0.493 e. The second-order valence-electron chi connectivity index (χ2n) is 9.09. The zero-order valence-corrected chi connectivity index (χ0v) is 21.0. The number of amides is 1. The van der Waals surface area contributed by atoms with E-state index in [0.717, 1.165) is 49.9 Å². The van der Waals surface area contributed by atoms with E-state index < -0.39 is 0 Å². The first-order valence-electron chi connectivity index (χ1n) is 12.7. The molecule has 7 nitrogen and oxygen atoms in total. The molecule has 2 heterocycles. The van der Waals surface area contributed by atoms with Crippen LogP contribution in [0.1, 0.15) is 67.7 Å². The Hall–Kier alpha value is -3.35. The lowest BCUT2D eigenvalue weighted by Gasteiger charge is -2.23. The van der Waals surface area contributed by atoms with E-state index in [9.17, 15) is 9.59 Å². The molecule has 1 amide bonds. The second-order valence-corrected chi connectivity index (χ2v) is 9.09. The molecule has 0 spiro atoms. The summed E-state index contributed by atoms with van der Waals surface area (Å²) in [4.78, 5) is 33.2. The van der Waals surface area contributed by atoms with Gasteiger partial charge in [-0.05, 0) is 61.6 Å². The molecule has 1 aromatic heterocycles. The summed E-state index contributed by atoms with van der Waals surface area (Å²) in [6, 6.07) is 11.1. The van der Waals surface area contributed by atoms with Gasteiger partial charge in [-0.2, -0.15) is 0 Å². The van der Waals surface area contributed by atoms with Gasteiger partial charge in [-0.15, -0.1) is 0 Å². The molecule has 0 bridgehead atoms. The maximum atomic E-state index is 13.5. The number of fused-ring (bicyclic) bond motifs is 2. The molecule has 186 valence electrons. The molecule has 0 N–H and O–H groups in total. The predicted molar refractivity (Wildman–Crippen MR) is 137 cm³/mol. The quantitative estimate of drug-likeness (QED) is 0.435. The molecule has 2 aromatic carbocycles. The van der Waals surface area contributed by atoms with E-state index in [-0.39, 0.29) is 11.5 Å². The number of hydrogen-bond donors (Lipinski definition) is 0. The van der Waals surface area contributed by atoms with Crippen LogP contribution in [0.5, 0.6) is 11.5 Å². The Morgan fingerprint density at radius 1 is 1.06 bits per heavy atom. The number of aromatic nitrogens is 2. The van der Waals surface area contributed by atoms with Crippen LogP contribution in [0, 0.1) is 0 Å². The van der Waals surface area contributed by atoms with Gasteiger partial charge in [-0.1, -0.05) is 26.3 Å². The zero-order chi connectivity index (χ0) is 24.8. The van der Waals surface area contributed by atoms with E-state index in [0.29, 0.717) is 54.2 Å². The number of ether oxygens (including phenoxy) is 2. The van der Waals surface area contributed by atoms with Crippen molar-refractivity contribution in [1.82, 2.24) is 14.5 Å². The summed E-state index contributed by atoms with van der Waals surface area (Å²) in [5.74, 6) is 2.12. The molecule has 1 aliphatic rings. The number of hydrogen-bond acceptors (Lipinski definition) is 5. The number of benzene rings is 2. The Balaban J connectivity index is 1.61. The Bertz CT molecular complexity index is 1250. The lowest BCUT2D eigenvalue weighted by Crippen LogP contribution is -2.31. The number of carbonyl (C=O) groups excluding carboxylic acids is 1. The molecule has 0 saturated heterocycles. The highest BCUT2D eigenvalue weighted by molar-refractivity contribution is 5.97. The minimum atomic E-state index is -0.0733. The minimum absolute atomic E-state index is 0.00575. The van der Waals surface area contributed by atoms with Crippen LogP contribution in [0.15, 0.2) is 41.2 Å². The SMILES string of the molecule is CCCOc1ccc(CN(CCC)C(=O)c2ccc3c(=O)n4c(nc3c2)CCCCC4)cc1OC. The molecule has 1 aliphatic heterocycles. The van der Waals surface area contributed by atoms with Crippen molar-refractivity contribution in [3.05, 3.63) is 63.7 Å². The van der Waals surface area contributed by atoms with Crippen molar-refractivity contribution in [3.63, 3.8) is 0 Å². The van der Waals surface area contributed by atoms with Gasteiger partial charge >= 0.3 is 0 Å². The van der Waals surface area contributed by atoms with Gasteiger partial charge in [0, 0.05) is 31.6 Å². The van der Waals surface area contributed by atoms with Crippen molar-refractivity contribution < 1.29 is 14.3 Å². The Labute approximate surface area is 206 Å². The van der Waals surface area contributed by atoms with Crippen LogP contribution in [0.25, 0.3) is 10.9 Å². The molecule has 0 aliphatic carbocycles. The van der Waals surface area contributed by atoms with E-state index >= 15 is 0 Å². The van der Waals surface area contributed by atoms with Gasteiger partial charge in [0.05, 0.1) is 24.6 Å². The molecular weight excluding hydrogens is 442 g/mol. The highest BCUT2D eigenvalue weighted by atomic mass is 16.5.